The third-order valence-electron chi connectivity index (χ3n) is 5.38. The van der Waals surface area contributed by atoms with Crippen LogP contribution in [0.5, 0.6) is 5.75 Å². The molecule has 162 valence electrons. The highest BCUT2D eigenvalue weighted by Gasteiger charge is 2.33. The van der Waals surface area contributed by atoms with Gasteiger partial charge in [-0.05, 0) is 30.5 Å². The van der Waals surface area contributed by atoms with Crippen molar-refractivity contribution >= 4 is 5.91 Å². The normalized spacial score (nSPS) is 16.0. The summed E-state index contributed by atoms with van der Waals surface area (Å²) in [5.74, 6) is 0.346. The summed E-state index contributed by atoms with van der Waals surface area (Å²) in [6.07, 6.45) is 1.82. The summed E-state index contributed by atoms with van der Waals surface area (Å²) in [7, 11) is 2.97. The molecule has 9 nitrogen and oxygen atoms in total. The molecule has 0 spiro atoms. The Kier molecular flexibility index (Phi) is 5.53. The van der Waals surface area contributed by atoms with Crippen LogP contribution in [-0.2, 0) is 18.3 Å². The van der Waals surface area contributed by atoms with Crippen LogP contribution in [0.2, 0.25) is 0 Å². The van der Waals surface area contributed by atoms with E-state index in [4.69, 9.17) is 9.15 Å². The molecule has 0 saturated carbocycles. The van der Waals surface area contributed by atoms with Crippen molar-refractivity contribution in [2.24, 2.45) is 7.05 Å². The van der Waals surface area contributed by atoms with Gasteiger partial charge in [0.15, 0.2) is 5.69 Å². The number of aromatic nitrogens is 4. The number of nitrogens with zero attached hydrogens (tertiary/aromatic N) is 5. The van der Waals surface area contributed by atoms with Gasteiger partial charge >= 0.3 is 0 Å². The first-order valence-electron chi connectivity index (χ1n) is 9.88. The van der Waals surface area contributed by atoms with Crippen molar-refractivity contribution in [1.82, 2.24) is 24.6 Å². The number of ether oxygens (including phenoxy) is 1. The van der Waals surface area contributed by atoms with Gasteiger partial charge in [-0.25, -0.2) is 9.37 Å². The zero-order valence-corrected chi connectivity index (χ0v) is 17.5. The highest BCUT2D eigenvalue weighted by molar-refractivity contribution is 5.74. The Hall–Kier alpha value is -3.56. The minimum absolute atomic E-state index is 0.0180. The Morgan fingerprint density at radius 2 is 2.03 bits per heavy atom. The lowest BCUT2D eigenvalue weighted by Gasteiger charge is -2.24. The minimum Gasteiger partial charge on any atom is -0.489 e. The van der Waals surface area contributed by atoms with Crippen LogP contribution in [-0.4, -0.2) is 44.2 Å². The van der Waals surface area contributed by atoms with Gasteiger partial charge in [-0.2, -0.15) is 0 Å². The van der Waals surface area contributed by atoms with E-state index in [1.807, 2.05) is 0 Å². The topological polar surface area (TPSA) is 103 Å². The molecule has 0 aliphatic carbocycles. The van der Waals surface area contributed by atoms with Crippen molar-refractivity contribution in [2.45, 2.75) is 32.2 Å². The molecule has 10 heteroatoms. The van der Waals surface area contributed by atoms with E-state index in [0.29, 0.717) is 31.1 Å². The Morgan fingerprint density at radius 1 is 1.29 bits per heavy atom. The van der Waals surface area contributed by atoms with E-state index >= 15 is 0 Å². The molecule has 3 aromatic rings. The zero-order chi connectivity index (χ0) is 22.1. The largest absolute Gasteiger partial charge is 0.489 e. The van der Waals surface area contributed by atoms with Crippen LogP contribution in [0.15, 0.2) is 33.5 Å². The third-order valence-corrected chi connectivity index (χ3v) is 5.38. The number of likely N-dealkylation sites (tertiary alicyclic amines) is 1. The first-order chi connectivity index (χ1) is 14.9. The molecule has 3 heterocycles. The first kappa shape index (κ1) is 20.7. The van der Waals surface area contributed by atoms with Crippen LogP contribution >= 0.6 is 0 Å². The van der Waals surface area contributed by atoms with Crippen LogP contribution in [0.4, 0.5) is 4.39 Å². The van der Waals surface area contributed by atoms with Crippen molar-refractivity contribution < 1.29 is 18.3 Å². The van der Waals surface area contributed by atoms with E-state index in [-0.39, 0.29) is 35.1 Å². The Balaban J connectivity index is 1.73. The van der Waals surface area contributed by atoms with E-state index in [1.54, 1.807) is 24.1 Å². The second-order valence-electron chi connectivity index (χ2n) is 7.39. The maximum Gasteiger partial charge on any atom is 0.296 e. The lowest BCUT2D eigenvalue weighted by molar-refractivity contribution is -0.129. The van der Waals surface area contributed by atoms with Gasteiger partial charge < -0.3 is 14.1 Å². The van der Waals surface area contributed by atoms with Gasteiger partial charge in [0.25, 0.3) is 11.4 Å². The van der Waals surface area contributed by atoms with E-state index in [2.05, 4.69) is 15.2 Å². The summed E-state index contributed by atoms with van der Waals surface area (Å²) < 4.78 is 25.6. The average Bonchev–Trinajstić information content (AvgIpc) is 3.41. The molecular formula is C21H22FN5O4. The second-order valence-corrected chi connectivity index (χ2v) is 7.39. The lowest BCUT2D eigenvalue weighted by Crippen LogP contribution is -2.34. The number of rotatable bonds is 5. The van der Waals surface area contributed by atoms with Crippen LogP contribution in [0.3, 0.4) is 0 Å². The zero-order valence-electron chi connectivity index (χ0n) is 17.5. The molecule has 0 bridgehead atoms. The molecule has 31 heavy (non-hydrogen) atoms. The molecule has 1 fully saturated rings. The third kappa shape index (κ3) is 3.92. The molecule has 4 rings (SSSR count). The monoisotopic (exact) mass is 427 g/mol. The van der Waals surface area contributed by atoms with Crippen LogP contribution in [0.1, 0.15) is 43.1 Å². The number of carbonyl (C=O) groups is 1. The molecular weight excluding hydrogens is 405 g/mol. The van der Waals surface area contributed by atoms with Gasteiger partial charge in [0.05, 0.1) is 19.6 Å². The van der Waals surface area contributed by atoms with Crippen LogP contribution in [0.25, 0.3) is 11.6 Å². The Bertz CT molecular complexity index is 1170. The maximum atomic E-state index is 13.1. The number of carbonyl (C=O) groups excluding carboxylic acids is 1. The molecule has 1 aliphatic heterocycles. The molecule has 0 N–H and O–H groups in total. The number of hydrogen-bond acceptors (Lipinski definition) is 7. The fraction of sp³-hybridized carbons (Fsp3) is 0.381. The van der Waals surface area contributed by atoms with E-state index < -0.39 is 5.56 Å². The SMILES string of the molecule is COc1c(-c2nnc(Cc3ccc(F)cc3)o2)nc([C@@H]2CCCN2C(C)=O)n(C)c1=O. The van der Waals surface area contributed by atoms with Crippen molar-refractivity contribution in [3.8, 4) is 17.3 Å². The van der Waals surface area contributed by atoms with Crippen molar-refractivity contribution in [2.75, 3.05) is 13.7 Å². The Labute approximate surface area is 177 Å². The number of hydrogen-bond donors (Lipinski definition) is 0. The van der Waals surface area contributed by atoms with Gasteiger partial charge in [-0.15, -0.1) is 10.2 Å². The summed E-state index contributed by atoms with van der Waals surface area (Å²) in [4.78, 5) is 31.3. The van der Waals surface area contributed by atoms with E-state index in [0.717, 1.165) is 12.0 Å². The molecule has 1 amide bonds. The summed E-state index contributed by atoms with van der Waals surface area (Å²) in [6.45, 7) is 2.11. The predicted octanol–water partition coefficient (Wildman–Crippen LogP) is 2.25. The fourth-order valence-corrected chi connectivity index (χ4v) is 3.83. The first-order valence-corrected chi connectivity index (χ1v) is 9.88. The quantitative estimate of drug-likeness (QED) is 0.615. The van der Waals surface area contributed by atoms with Crippen LogP contribution < -0.4 is 10.3 Å². The molecule has 0 unspecified atom stereocenters. The summed E-state index contributed by atoms with van der Waals surface area (Å²) in [5.41, 5.74) is 0.522. The average molecular weight is 427 g/mol. The number of benzene rings is 1. The van der Waals surface area contributed by atoms with Crippen LogP contribution in [0, 0.1) is 5.82 Å². The molecule has 2 aromatic heterocycles. The standard InChI is InChI=1S/C21H22FN5O4/c1-12(28)27-10-4-5-15(27)19-23-17(18(30-3)21(29)26(19)2)20-25-24-16(31-20)11-13-6-8-14(22)9-7-13/h6-9,15H,4-5,10-11H2,1-3H3/t15-/m0/s1. The van der Waals surface area contributed by atoms with E-state index in [9.17, 15) is 14.0 Å². The van der Waals surface area contributed by atoms with Crippen molar-refractivity contribution in [1.29, 1.82) is 0 Å². The molecule has 1 saturated heterocycles. The van der Waals surface area contributed by atoms with Gasteiger partial charge in [-0.1, -0.05) is 12.1 Å². The molecule has 1 atom stereocenters. The second kappa shape index (κ2) is 8.29. The number of methoxy groups -OCH3 is 1. The van der Waals surface area contributed by atoms with Gasteiger partial charge in [0, 0.05) is 20.5 Å². The van der Waals surface area contributed by atoms with Gasteiger partial charge in [0.1, 0.15) is 11.6 Å². The fourth-order valence-electron chi connectivity index (χ4n) is 3.83. The summed E-state index contributed by atoms with van der Waals surface area (Å²) in [6, 6.07) is 5.65. The van der Waals surface area contributed by atoms with E-state index in [1.165, 1.54) is 30.7 Å². The van der Waals surface area contributed by atoms with Crippen molar-refractivity contribution in [3.63, 3.8) is 0 Å². The van der Waals surface area contributed by atoms with Crippen molar-refractivity contribution in [3.05, 3.63) is 57.7 Å². The maximum absolute atomic E-state index is 13.1. The Morgan fingerprint density at radius 3 is 2.71 bits per heavy atom. The molecule has 0 radical (unpaired) electrons. The summed E-state index contributed by atoms with van der Waals surface area (Å²) >= 11 is 0. The smallest absolute Gasteiger partial charge is 0.296 e. The molecule has 1 aromatic carbocycles. The van der Waals surface area contributed by atoms with Gasteiger partial charge in [-0.3, -0.25) is 14.2 Å². The summed E-state index contributed by atoms with van der Waals surface area (Å²) in [5, 5.41) is 8.07. The minimum atomic E-state index is -0.406. The molecule has 1 aliphatic rings. The lowest BCUT2D eigenvalue weighted by atomic mass is 10.1. The highest BCUT2D eigenvalue weighted by atomic mass is 19.1. The number of amides is 1. The predicted molar refractivity (Wildman–Crippen MR) is 108 cm³/mol. The highest BCUT2D eigenvalue weighted by Crippen LogP contribution is 2.33. The van der Waals surface area contributed by atoms with Gasteiger partial charge in [0.2, 0.25) is 17.5 Å². The number of halogens is 1.